The molecule has 3 nitrogen and oxygen atoms in total. The molecule has 0 saturated heterocycles. The highest BCUT2D eigenvalue weighted by atomic mass is 35.5. The van der Waals surface area contributed by atoms with Crippen LogP contribution in [0.1, 0.15) is 38.2 Å². The van der Waals surface area contributed by atoms with Gasteiger partial charge in [0.15, 0.2) is 0 Å². The summed E-state index contributed by atoms with van der Waals surface area (Å²) in [7, 11) is 0. The average Bonchev–Trinajstić information content (AvgIpc) is 3.12. The number of rotatable bonds is 2. The van der Waals surface area contributed by atoms with Gasteiger partial charge in [-0.2, -0.15) is 0 Å². The summed E-state index contributed by atoms with van der Waals surface area (Å²) >= 11 is 6.32. The third kappa shape index (κ3) is 1.87. The zero-order valence-electron chi connectivity index (χ0n) is 10.7. The zero-order valence-corrected chi connectivity index (χ0v) is 11.4. The molecule has 1 amide bonds. The van der Waals surface area contributed by atoms with Crippen LogP contribution in [0.15, 0.2) is 12.1 Å². The van der Waals surface area contributed by atoms with Gasteiger partial charge in [0.1, 0.15) is 0 Å². The van der Waals surface area contributed by atoms with Crippen LogP contribution in [0.25, 0.3) is 0 Å². The van der Waals surface area contributed by atoms with Crippen LogP contribution >= 0.6 is 11.6 Å². The maximum Gasteiger partial charge on any atom is 0.246 e. The number of amides is 1. The van der Waals surface area contributed by atoms with Gasteiger partial charge in [0.25, 0.3) is 0 Å². The third-order valence-electron chi connectivity index (χ3n) is 3.61. The van der Waals surface area contributed by atoms with E-state index in [1.54, 1.807) is 0 Å². The van der Waals surface area contributed by atoms with Crippen LogP contribution in [0, 0.1) is 0 Å². The minimum atomic E-state index is 0.126. The van der Waals surface area contributed by atoms with E-state index >= 15 is 0 Å². The van der Waals surface area contributed by atoms with Gasteiger partial charge in [-0.05, 0) is 50.3 Å². The lowest BCUT2D eigenvalue weighted by atomic mass is 10.1. The fourth-order valence-corrected chi connectivity index (χ4v) is 2.90. The van der Waals surface area contributed by atoms with Crippen molar-refractivity contribution >= 4 is 28.9 Å². The number of fused-ring (bicyclic) bond motifs is 1. The van der Waals surface area contributed by atoms with Crippen molar-refractivity contribution in [2.75, 3.05) is 16.8 Å². The van der Waals surface area contributed by atoms with E-state index in [2.05, 4.69) is 11.4 Å². The van der Waals surface area contributed by atoms with E-state index in [9.17, 15) is 4.79 Å². The van der Waals surface area contributed by atoms with Crippen LogP contribution in [0.4, 0.5) is 11.4 Å². The second-order valence-electron chi connectivity index (χ2n) is 5.38. The third-order valence-corrected chi connectivity index (χ3v) is 3.93. The molecular formula is C14H17ClN2O. The minimum Gasteiger partial charge on any atom is -0.374 e. The highest BCUT2D eigenvalue weighted by Gasteiger charge is 2.31. The fourth-order valence-electron chi connectivity index (χ4n) is 2.58. The molecule has 1 aliphatic heterocycles. The molecule has 1 aromatic carbocycles. The summed E-state index contributed by atoms with van der Waals surface area (Å²) in [5, 5.41) is 3.97. The second-order valence-corrected chi connectivity index (χ2v) is 5.78. The normalized spacial score (nSPS) is 18.9. The van der Waals surface area contributed by atoms with Gasteiger partial charge in [0, 0.05) is 11.1 Å². The number of halogens is 1. The molecule has 0 radical (unpaired) electrons. The summed E-state index contributed by atoms with van der Waals surface area (Å²) in [4.78, 5) is 13.9. The highest BCUT2D eigenvalue weighted by molar-refractivity contribution is 6.32. The molecule has 0 bridgehead atoms. The standard InChI is InChI=1S/C14H17ClN2O/c1-8(2)17-13-5-10(9-3-4-9)11(15)6-12(13)16-7-14(17)18/h5-6,8-9,16H,3-4,7H2,1-2H3. The summed E-state index contributed by atoms with van der Waals surface area (Å²) in [6.45, 7) is 4.43. The predicted octanol–water partition coefficient (Wildman–Crippen LogP) is 3.38. The number of carbonyl (C=O) groups is 1. The molecule has 1 N–H and O–H groups in total. The van der Waals surface area contributed by atoms with E-state index in [-0.39, 0.29) is 11.9 Å². The summed E-state index contributed by atoms with van der Waals surface area (Å²) in [6.07, 6.45) is 2.42. The van der Waals surface area contributed by atoms with Gasteiger partial charge in [0.05, 0.1) is 17.9 Å². The Morgan fingerprint density at radius 3 is 2.72 bits per heavy atom. The second kappa shape index (κ2) is 4.16. The number of nitrogens with one attached hydrogen (secondary N) is 1. The van der Waals surface area contributed by atoms with Gasteiger partial charge < -0.3 is 10.2 Å². The first-order valence-electron chi connectivity index (χ1n) is 6.47. The Kier molecular flexibility index (Phi) is 2.74. The van der Waals surface area contributed by atoms with Crippen molar-refractivity contribution in [2.45, 2.75) is 38.6 Å². The van der Waals surface area contributed by atoms with E-state index in [1.807, 2.05) is 24.8 Å². The van der Waals surface area contributed by atoms with Crippen molar-refractivity contribution in [3.63, 3.8) is 0 Å². The Morgan fingerprint density at radius 2 is 2.11 bits per heavy atom. The summed E-state index contributed by atoms with van der Waals surface area (Å²) in [5.41, 5.74) is 3.14. The van der Waals surface area contributed by atoms with Gasteiger partial charge in [-0.25, -0.2) is 0 Å². The predicted molar refractivity (Wildman–Crippen MR) is 74.5 cm³/mol. The monoisotopic (exact) mass is 264 g/mol. The molecular weight excluding hydrogens is 248 g/mol. The van der Waals surface area contributed by atoms with E-state index in [1.165, 1.54) is 18.4 Å². The molecule has 1 heterocycles. The molecule has 0 unspecified atom stereocenters. The molecule has 0 spiro atoms. The van der Waals surface area contributed by atoms with Crippen LogP contribution < -0.4 is 10.2 Å². The van der Waals surface area contributed by atoms with Crippen molar-refractivity contribution < 1.29 is 4.79 Å². The maximum absolute atomic E-state index is 12.0. The average molecular weight is 265 g/mol. The van der Waals surface area contributed by atoms with E-state index in [0.29, 0.717) is 12.5 Å². The van der Waals surface area contributed by atoms with Crippen LogP contribution in [0.2, 0.25) is 5.02 Å². The van der Waals surface area contributed by atoms with Gasteiger partial charge in [0.2, 0.25) is 5.91 Å². The maximum atomic E-state index is 12.0. The Balaban J connectivity index is 2.10. The van der Waals surface area contributed by atoms with Gasteiger partial charge in [-0.15, -0.1) is 0 Å². The molecule has 4 heteroatoms. The first-order chi connectivity index (χ1) is 8.58. The molecule has 0 atom stereocenters. The number of anilines is 2. The van der Waals surface area contributed by atoms with Crippen LogP contribution in [0.5, 0.6) is 0 Å². The quantitative estimate of drug-likeness (QED) is 0.888. The molecule has 3 rings (SSSR count). The molecule has 1 fully saturated rings. The zero-order chi connectivity index (χ0) is 12.9. The molecule has 96 valence electrons. The SMILES string of the molecule is CC(C)N1C(=O)CNc2cc(Cl)c(C3CC3)cc21. The molecule has 1 saturated carbocycles. The van der Waals surface area contributed by atoms with Gasteiger partial charge >= 0.3 is 0 Å². The van der Waals surface area contributed by atoms with Crippen LogP contribution in [-0.2, 0) is 4.79 Å². The lowest BCUT2D eigenvalue weighted by Gasteiger charge is -2.34. The molecule has 18 heavy (non-hydrogen) atoms. The lowest BCUT2D eigenvalue weighted by Crippen LogP contribution is -2.44. The first-order valence-corrected chi connectivity index (χ1v) is 6.85. The fraction of sp³-hybridized carbons (Fsp3) is 0.500. The van der Waals surface area contributed by atoms with Crippen molar-refractivity contribution in [3.8, 4) is 0 Å². The van der Waals surface area contributed by atoms with Crippen molar-refractivity contribution in [3.05, 3.63) is 22.7 Å². The number of hydrogen-bond acceptors (Lipinski definition) is 2. The number of hydrogen-bond donors (Lipinski definition) is 1. The van der Waals surface area contributed by atoms with Crippen molar-refractivity contribution in [1.29, 1.82) is 0 Å². The molecule has 1 aromatic rings. The highest BCUT2D eigenvalue weighted by Crippen LogP contribution is 2.47. The summed E-state index contributed by atoms with van der Waals surface area (Å²) in [6, 6.07) is 4.23. The van der Waals surface area contributed by atoms with Crippen molar-refractivity contribution in [1.82, 2.24) is 0 Å². The van der Waals surface area contributed by atoms with Crippen LogP contribution in [0.3, 0.4) is 0 Å². The summed E-state index contributed by atoms with van der Waals surface area (Å²) < 4.78 is 0. The topological polar surface area (TPSA) is 32.3 Å². The Labute approximate surface area is 112 Å². The van der Waals surface area contributed by atoms with E-state index in [0.717, 1.165) is 16.4 Å². The Hall–Kier alpha value is -1.22. The number of nitrogens with zero attached hydrogens (tertiary/aromatic N) is 1. The Morgan fingerprint density at radius 1 is 1.39 bits per heavy atom. The van der Waals surface area contributed by atoms with Crippen LogP contribution in [-0.4, -0.2) is 18.5 Å². The smallest absolute Gasteiger partial charge is 0.246 e. The van der Waals surface area contributed by atoms with E-state index < -0.39 is 0 Å². The molecule has 0 aromatic heterocycles. The number of carbonyl (C=O) groups excluding carboxylic acids is 1. The molecule has 2 aliphatic rings. The summed E-state index contributed by atoms with van der Waals surface area (Å²) in [5.74, 6) is 0.718. The largest absolute Gasteiger partial charge is 0.374 e. The Bertz CT molecular complexity index is 509. The first kappa shape index (κ1) is 11.8. The van der Waals surface area contributed by atoms with Crippen molar-refractivity contribution in [2.24, 2.45) is 0 Å². The van der Waals surface area contributed by atoms with Gasteiger partial charge in [-0.1, -0.05) is 11.6 Å². The lowest BCUT2D eigenvalue weighted by molar-refractivity contribution is -0.117. The van der Waals surface area contributed by atoms with Gasteiger partial charge in [-0.3, -0.25) is 4.79 Å². The minimum absolute atomic E-state index is 0.126. The number of benzene rings is 1. The van der Waals surface area contributed by atoms with E-state index in [4.69, 9.17) is 11.6 Å². The molecule has 1 aliphatic carbocycles.